The van der Waals surface area contributed by atoms with Gasteiger partial charge >= 0.3 is 0 Å². The van der Waals surface area contributed by atoms with Gasteiger partial charge in [-0.15, -0.1) is 0 Å². The number of para-hydroxylation sites is 1. The summed E-state index contributed by atoms with van der Waals surface area (Å²) < 4.78 is 5.32. The van der Waals surface area contributed by atoms with Crippen LogP contribution in [0.4, 0.5) is 0 Å². The fraction of sp³-hybridized carbons (Fsp3) is 0.556. The topological polar surface area (TPSA) is 49.9 Å². The van der Waals surface area contributed by atoms with E-state index in [0.29, 0.717) is 39.0 Å². The minimum atomic E-state index is 0.162. The van der Waals surface area contributed by atoms with Crippen LogP contribution in [0.3, 0.4) is 0 Å². The molecule has 1 aliphatic heterocycles. The maximum absolute atomic E-state index is 12.4. The SMILES string of the molecule is COc1ccccc1CCC(=O)N1CCN(C(=O)C2CC2)CC1. The van der Waals surface area contributed by atoms with Crippen molar-refractivity contribution in [3.8, 4) is 5.75 Å². The summed E-state index contributed by atoms with van der Waals surface area (Å²) in [5, 5.41) is 0. The molecule has 23 heavy (non-hydrogen) atoms. The number of ether oxygens (including phenoxy) is 1. The molecule has 1 aliphatic carbocycles. The highest BCUT2D eigenvalue weighted by Crippen LogP contribution is 2.31. The van der Waals surface area contributed by atoms with E-state index in [1.54, 1.807) is 7.11 Å². The third-order valence-corrected chi connectivity index (χ3v) is 4.67. The minimum absolute atomic E-state index is 0.162. The molecule has 1 heterocycles. The second kappa shape index (κ2) is 7.02. The molecule has 0 radical (unpaired) electrons. The van der Waals surface area contributed by atoms with Gasteiger partial charge in [0.2, 0.25) is 11.8 Å². The Morgan fingerprint density at radius 3 is 2.39 bits per heavy atom. The Labute approximate surface area is 137 Å². The predicted octanol–water partition coefficient (Wildman–Crippen LogP) is 1.71. The maximum Gasteiger partial charge on any atom is 0.225 e. The molecule has 1 saturated carbocycles. The normalized spacial score (nSPS) is 18.0. The van der Waals surface area contributed by atoms with E-state index < -0.39 is 0 Å². The molecule has 1 aromatic carbocycles. The maximum atomic E-state index is 12.4. The molecule has 0 unspecified atom stereocenters. The molecule has 0 aromatic heterocycles. The van der Waals surface area contributed by atoms with Gasteiger partial charge in [-0.05, 0) is 30.9 Å². The number of hydrogen-bond donors (Lipinski definition) is 0. The van der Waals surface area contributed by atoms with E-state index in [9.17, 15) is 9.59 Å². The van der Waals surface area contributed by atoms with Crippen LogP contribution in [-0.4, -0.2) is 54.9 Å². The van der Waals surface area contributed by atoms with Crippen LogP contribution >= 0.6 is 0 Å². The van der Waals surface area contributed by atoms with Crippen molar-refractivity contribution < 1.29 is 14.3 Å². The van der Waals surface area contributed by atoms with Crippen LogP contribution < -0.4 is 4.74 Å². The highest BCUT2D eigenvalue weighted by atomic mass is 16.5. The molecule has 2 fully saturated rings. The Balaban J connectivity index is 1.47. The molecule has 0 bridgehead atoms. The van der Waals surface area contributed by atoms with Gasteiger partial charge in [0.25, 0.3) is 0 Å². The first-order chi connectivity index (χ1) is 11.2. The van der Waals surface area contributed by atoms with Crippen LogP contribution in [0.25, 0.3) is 0 Å². The van der Waals surface area contributed by atoms with Crippen LogP contribution in [0.5, 0.6) is 5.75 Å². The quantitative estimate of drug-likeness (QED) is 0.831. The highest BCUT2D eigenvalue weighted by molar-refractivity contribution is 5.82. The Bertz CT molecular complexity index is 575. The van der Waals surface area contributed by atoms with E-state index in [2.05, 4.69) is 0 Å². The zero-order valence-corrected chi connectivity index (χ0v) is 13.7. The van der Waals surface area contributed by atoms with Crippen molar-refractivity contribution in [2.24, 2.45) is 5.92 Å². The number of piperazine rings is 1. The lowest BCUT2D eigenvalue weighted by Crippen LogP contribution is -2.51. The van der Waals surface area contributed by atoms with Crippen molar-refractivity contribution in [3.63, 3.8) is 0 Å². The summed E-state index contributed by atoms with van der Waals surface area (Å²) in [7, 11) is 1.65. The van der Waals surface area contributed by atoms with E-state index >= 15 is 0 Å². The smallest absolute Gasteiger partial charge is 0.225 e. The summed E-state index contributed by atoms with van der Waals surface area (Å²) >= 11 is 0. The lowest BCUT2D eigenvalue weighted by molar-refractivity contribution is -0.140. The summed E-state index contributed by atoms with van der Waals surface area (Å²) in [4.78, 5) is 28.2. The number of nitrogens with zero attached hydrogens (tertiary/aromatic N) is 2. The number of rotatable bonds is 5. The van der Waals surface area contributed by atoms with Gasteiger partial charge in [-0.2, -0.15) is 0 Å². The molecule has 2 aliphatic rings. The second-order valence-electron chi connectivity index (χ2n) is 6.29. The van der Waals surface area contributed by atoms with Gasteiger partial charge in [-0.25, -0.2) is 0 Å². The van der Waals surface area contributed by atoms with Crippen LogP contribution in [0.2, 0.25) is 0 Å². The van der Waals surface area contributed by atoms with Crippen molar-refractivity contribution in [1.82, 2.24) is 9.80 Å². The molecule has 124 valence electrons. The van der Waals surface area contributed by atoms with E-state index in [0.717, 1.165) is 24.2 Å². The number of aryl methyl sites for hydroxylation is 1. The average Bonchev–Trinajstić information content (AvgIpc) is 3.44. The lowest BCUT2D eigenvalue weighted by atomic mass is 10.1. The number of amides is 2. The number of benzene rings is 1. The molecule has 1 aromatic rings. The monoisotopic (exact) mass is 316 g/mol. The first-order valence-electron chi connectivity index (χ1n) is 8.37. The Hall–Kier alpha value is -2.04. The van der Waals surface area contributed by atoms with Gasteiger partial charge < -0.3 is 14.5 Å². The standard InChI is InChI=1S/C18H24N2O3/c1-23-16-5-3-2-4-14(16)8-9-17(21)19-10-12-20(13-11-19)18(22)15-6-7-15/h2-5,15H,6-13H2,1H3. The van der Waals surface area contributed by atoms with Gasteiger partial charge in [0.05, 0.1) is 7.11 Å². The zero-order valence-electron chi connectivity index (χ0n) is 13.7. The fourth-order valence-corrected chi connectivity index (χ4v) is 3.07. The average molecular weight is 316 g/mol. The van der Waals surface area contributed by atoms with Crippen LogP contribution in [0, 0.1) is 5.92 Å². The molecule has 5 heteroatoms. The zero-order chi connectivity index (χ0) is 16.2. The van der Waals surface area contributed by atoms with Crippen LogP contribution in [0.15, 0.2) is 24.3 Å². The van der Waals surface area contributed by atoms with Crippen molar-refractivity contribution in [1.29, 1.82) is 0 Å². The highest BCUT2D eigenvalue weighted by Gasteiger charge is 2.35. The Morgan fingerprint density at radius 1 is 1.09 bits per heavy atom. The molecule has 0 spiro atoms. The van der Waals surface area contributed by atoms with Crippen molar-refractivity contribution in [2.75, 3.05) is 33.3 Å². The van der Waals surface area contributed by atoms with Crippen molar-refractivity contribution in [3.05, 3.63) is 29.8 Å². The number of methoxy groups -OCH3 is 1. The van der Waals surface area contributed by atoms with Crippen molar-refractivity contribution in [2.45, 2.75) is 25.7 Å². The summed E-state index contributed by atoms with van der Waals surface area (Å²) in [6.45, 7) is 2.66. The first kappa shape index (κ1) is 15.8. The Kier molecular flexibility index (Phi) is 4.84. The van der Waals surface area contributed by atoms with Gasteiger partial charge in [0.1, 0.15) is 5.75 Å². The molecule has 0 atom stereocenters. The summed E-state index contributed by atoms with van der Waals surface area (Å²) in [5.74, 6) is 1.54. The number of carbonyl (C=O) groups is 2. The number of hydrogen-bond acceptors (Lipinski definition) is 3. The lowest BCUT2D eigenvalue weighted by Gasteiger charge is -2.35. The van der Waals surface area contributed by atoms with E-state index in [-0.39, 0.29) is 17.7 Å². The molecule has 5 nitrogen and oxygen atoms in total. The number of carbonyl (C=O) groups excluding carboxylic acids is 2. The van der Waals surface area contributed by atoms with Crippen LogP contribution in [-0.2, 0) is 16.0 Å². The van der Waals surface area contributed by atoms with Gasteiger partial charge in [0, 0.05) is 38.5 Å². The fourth-order valence-electron chi connectivity index (χ4n) is 3.07. The van der Waals surface area contributed by atoms with Crippen molar-refractivity contribution >= 4 is 11.8 Å². The third-order valence-electron chi connectivity index (χ3n) is 4.67. The van der Waals surface area contributed by atoms with Gasteiger partial charge in [0.15, 0.2) is 0 Å². The second-order valence-corrected chi connectivity index (χ2v) is 6.29. The van der Waals surface area contributed by atoms with E-state index in [1.165, 1.54) is 0 Å². The molecule has 1 saturated heterocycles. The molecule has 0 N–H and O–H groups in total. The molecular weight excluding hydrogens is 292 g/mol. The summed E-state index contributed by atoms with van der Waals surface area (Å²) in [6.07, 6.45) is 3.24. The first-order valence-corrected chi connectivity index (χ1v) is 8.37. The van der Waals surface area contributed by atoms with Crippen LogP contribution in [0.1, 0.15) is 24.8 Å². The largest absolute Gasteiger partial charge is 0.496 e. The minimum Gasteiger partial charge on any atom is -0.496 e. The van der Waals surface area contributed by atoms with E-state index in [1.807, 2.05) is 34.1 Å². The Morgan fingerprint density at radius 2 is 1.74 bits per heavy atom. The molecule has 2 amide bonds. The summed E-state index contributed by atoms with van der Waals surface area (Å²) in [6, 6.07) is 7.81. The van der Waals surface area contributed by atoms with E-state index in [4.69, 9.17) is 4.74 Å². The van der Waals surface area contributed by atoms with Gasteiger partial charge in [-0.3, -0.25) is 9.59 Å². The molecule has 3 rings (SSSR count). The third kappa shape index (κ3) is 3.84. The molecular formula is C18H24N2O3. The summed E-state index contributed by atoms with van der Waals surface area (Å²) in [5.41, 5.74) is 1.06. The predicted molar refractivity (Wildman–Crippen MR) is 87.2 cm³/mol. The van der Waals surface area contributed by atoms with Gasteiger partial charge in [-0.1, -0.05) is 18.2 Å².